The number of likely N-dealkylation sites (tertiary alicyclic amines) is 1. The van der Waals surface area contributed by atoms with Gasteiger partial charge in [0.1, 0.15) is 17.0 Å². The van der Waals surface area contributed by atoms with Gasteiger partial charge in [-0.3, -0.25) is 4.79 Å². The summed E-state index contributed by atoms with van der Waals surface area (Å²) in [7, 11) is 0. The Morgan fingerprint density at radius 1 is 1.35 bits per heavy atom. The number of nitrogens with zero attached hydrogens (tertiary/aromatic N) is 3. The van der Waals surface area contributed by atoms with E-state index in [1.807, 2.05) is 0 Å². The molecule has 1 fully saturated rings. The van der Waals surface area contributed by atoms with Gasteiger partial charge in [0, 0.05) is 24.3 Å². The number of carbonyl (C=O) groups excluding carboxylic acids is 1. The number of benzene rings is 1. The summed E-state index contributed by atoms with van der Waals surface area (Å²) < 4.78 is 14.8. The number of nitrogens with one attached hydrogen (secondary N) is 1. The van der Waals surface area contributed by atoms with Crippen molar-refractivity contribution in [2.75, 3.05) is 13.1 Å². The normalized spacial score (nSPS) is 21.7. The molecule has 4 N–H and O–H groups in total. The monoisotopic (exact) mass is 376 g/mol. The molecule has 0 bridgehead atoms. The average molecular weight is 376 g/mol. The summed E-state index contributed by atoms with van der Waals surface area (Å²) in [4.78, 5) is 18.2. The van der Waals surface area contributed by atoms with Crippen LogP contribution in [0.2, 0.25) is 0 Å². The number of nitrogens with two attached hydrogens (primary N) is 1. The Morgan fingerprint density at radius 3 is 2.65 bits per heavy atom. The molecular weight excluding hydrogens is 357 g/mol. The van der Waals surface area contributed by atoms with Gasteiger partial charge in [0.2, 0.25) is 16.7 Å². The van der Waals surface area contributed by atoms with E-state index >= 15 is 0 Å². The quantitative estimate of drug-likeness (QED) is 0.618. The third kappa shape index (κ3) is 2.93. The minimum absolute atomic E-state index is 0.0568. The van der Waals surface area contributed by atoms with Gasteiger partial charge in [0.15, 0.2) is 6.04 Å². The maximum absolute atomic E-state index is 13.4. The van der Waals surface area contributed by atoms with Gasteiger partial charge in [-0.15, -0.1) is 0 Å². The predicted octanol–water partition coefficient (Wildman–Crippen LogP) is 0.505. The van der Waals surface area contributed by atoms with E-state index in [-0.39, 0.29) is 29.6 Å². The number of quaternary nitrogens is 1. The Hall–Kier alpha value is -2.52. The van der Waals surface area contributed by atoms with E-state index in [1.165, 1.54) is 39.2 Å². The van der Waals surface area contributed by atoms with Crippen LogP contribution in [0.4, 0.5) is 4.39 Å². The molecule has 136 valence electrons. The van der Waals surface area contributed by atoms with Crippen molar-refractivity contribution in [3.8, 4) is 5.88 Å². The maximum atomic E-state index is 13.4. The van der Waals surface area contributed by atoms with Gasteiger partial charge in [-0.2, -0.15) is 9.61 Å². The SMILES string of the molecule is NC(=O)C1CC[NH+]([C@H](c2ccc(F)cc2)c2sc3ncnn3c2O)CC1. The minimum Gasteiger partial charge on any atom is -0.492 e. The van der Waals surface area contributed by atoms with Gasteiger partial charge < -0.3 is 15.7 Å². The van der Waals surface area contributed by atoms with Crippen LogP contribution < -0.4 is 10.6 Å². The molecule has 1 aliphatic rings. The van der Waals surface area contributed by atoms with Crippen molar-refractivity contribution in [1.82, 2.24) is 14.6 Å². The predicted molar refractivity (Wildman–Crippen MR) is 93.4 cm³/mol. The van der Waals surface area contributed by atoms with Gasteiger partial charge in [-0.1, -0.05) is 11.3 Å². The number of thiazole rings is 1. The van der Waals surface area contributed by atoms with Crippen molar-refractivity contribution in [2.24, 2.45) is 11.7 Å². The molecule has 26 heavy (non-hydrogen) atoms. The summed E-state index contributed by atoms with van der Waals surface area (Å²) in [5, 5.41) is 14.7. The number of hydrogen-bond donors (Lipinski definition) is 3. The van der Waals surface area contributed by atoms with Crippen LogP contribution in [0.3, 0.4) is 0 Å². The number of piperidine rings is 1. The van der Waals surface area contributed by atoms with Crippen LogP contribution in [0.25, 0.3) is 4.96 Å². The fourth-order valence-electron chi connectivity index (χ4n) is 3.67. The van der Waals surface area contributed by atoms with E-state index in [9.17, 15) is 14.3 Å². The Labute approximate surface area is 152 Å². The lowest BCUT2D eigenvalue weighted by molar-refractivity contribution is -0.930. The Kier molecular flexibility index (Phi) is 4.33. The van der Waals surface area contributed by atoms with E-state index in [2.05, 4.69) is 10.1 Å². The molecule has 9 heteroatoms. The zero-order chi connectivity index (χ0) is 18.3. The molecule has 2 aromatic heterocycles. The van der Waals surface area contributed by atoms with Crippen molar-refractivity contribution in [1.29, 1.82) is 0 Å². The van der Waals surface area contributed by atoms with E-state index in [0.717, 1.165) is 23.5 Å². The van der Waals surface area contributed by atoms with Gasteiger partial charge in [0.25, 0.3) is 0 Å². The molecule has 3 heterocycles. The molecule has 1 aliphatic heterocycles. The number of halogens is 1. The lowest BCUT2D eigenvalue weighted by Crippen LogP contribution is -3.13. The van der Waals surface area contributed by atoms with E-state index in [4.69, 9.17) is 5.73 Å². The van der Waals surface area contributed by atoms with Crippen LogP contribution in [-0.4, -0.2) is 38.7 Å². The number of fused-ring (bicyclic) bond motifs is 1. The van der Waals surface area contributed by atoms with Gasteiger partial charge in [0.05, 0.1) is 13.1 Å². The summed E-state index contributed by atoms with van der Waals surface area (Å²) in [5.74, 6) is -0.615. The highest BCUT2D eigenvalue weighted by Gasteiger charge is 2.36. The lowest BCUT2D eigenvalue weighted by Gasteiger charge is -2.33. The second kappa shape index (κ2) is 6.65. The first-order chi connectivity index (χ1) is 12.5. The standard InChI is InChI=1S/C17H18FN5O2S/c18-12-3-1-10(2-4-12)13(22-7-5-11(6-8-22)15(19)24)14-16(25)23-17(26-14)20-9-21-23/h1-4,9,11,13,25H,5-8H2,(H2,19,24)/p+1/t13-/m1/s1. The zero-order valence-electron chi connectivity index (χ0n) is 13.9. The molecule has 0 spiro atoms. The summed E-state index contributed by atoms with van der Waals surface area (Å²) in [6.07, 6.45) is 2.79. The van der Waals surface area contributed by atoms with E-state index in [0.29, 0.717) is 17.8 Å². The summed E-state index contributed by atoms with van der Waals surface area (Å²) in [6, 6.07) is 6.14. The maximum Gasteiger partial charge on any atom is 0.235 e. The first-order valence-electron chi connectivity index (χ1n) is 8.45. The smallest absolute Gasteiger partial charge is 0.235 e. The van der Waals surface area contributed by atoms with E-state index < -0.39 is 0 Å². The van der Waals surface area contributed by atoms with Crippen molar-refractivity contribution in [3.05, 3.63) is 46.9 Å². The highest BCUT2D eigenvalue weighted by Crippen LogP contribution is 2.35. The molecule has 7 nitrogen and oxygen atoms in total. The second-order valence-corrected chi connectivity index (χ2v) is 7.57. The Bertz CT molecular complexity index is 930. The van der Waals surface area contributed by atoms with Crippen LogP contribution in [-0.2, 0) is 4.79 Å². The fraction of sp³-hybridized carbons (Fsp3) is 0.353. The molecule has 1 amide bonds. The molecule has 1 aromatic carbocycles. The summed E-state index contributed by atoms with van der Waals surface area (Å²) in [5.41, 5.74) is 6.34. The van der Waals surface area contributed by atoms with Crippen LogP contribution in [0.15, 0.2) is 30.6 Å². The first kappa shape index (κ1) is 16.9. The topological polar surface area (TPSA) is 98.0 Å². The third-order valence-electron chi connectivity index (χ3n) is 5.04. The number of carbonyl (C=O) groups is 1. The zero-order valence-corrected chi connectivity index (χ0v) is 14.7. The molecule has 4 rings (SSSR count). The highest BCUT2D eigenvalue weighted by molar-refractivity contribution is 7.17. The number of primary amides is 1. The Balaban J connectivity index is 1.72. The molecule has 0 unspecified atom stereocenters. The molecule has 0 saturated carbocycles. The second-order valence-electron chi connectivity index (χ2n) is 6.56. The fourth-order valence-corrected chi connectivity index (χ4v) is 4.79. The van der Waals surface area contributed by atoms with Gasteiger partial charge >= 0.3 is 0 Å². The molecule has 3 aromatic rings. The molecule has 1 atom stereocenters. The number of aromatic nitrogens is 3. The summed E-state index contributed by atoms with van der Waals surface area (Å²) in [6.45, 7) is 1.48. The largest absolute Gasteiger partial charge is 0.492 e. The number of hydrogen-bond acceptors (Lipinski definition) is 5. The Morgan fingerprint density at radius 2 is 2.04 bits per heavy atom. The molecule has 0 aliphatic carbocycles. The first-order valence-corrected chi connectivity index (χ1v) is 9.27. The van der Waals surface area contributed by atoms with E-state index in [1.54, 1.807) is 12.1 Å². The summed E-state index contributed by atoms with van der Waals surface area (Å²) >= 11 is 1.37. The van der Waals surface area contributed by atoms with Crippen LogP contribution >= 0.6 is 11.3 Å². The number of rotatable bonds is 4. The van der Waals surface area contributed by atoms with Crippen LogP contribution in [0.5, 0.6) is 5.88 Å². The van der Waals surface area contributed by atoms with Crippen LogP contribution in [0, 0.1) is 11.7 Å². The van der Waals surface area contributed by atoms with Gasteiger partial charge in [-0.25, -0.2) is 9.37 Å². The number of amides is 1. The van der Waals surface area contributed by atoms with Crippen molar-refractivity contribution in [3.63, 3.8) is 0 Å². The highest BCUT2D eigenvalue weighted by atomic mass is 32.1. The van der Waals surface area contributed by atoms with Crippen LogP contribution in [0.1, 0.15) is 29.3 Å². The van der Waals surface area contributed by atoms with Crippen molar-refractivity contribution < 1.29 is 19.2 Å². The van der Waals surface area contributed by atoms with Crippen molar-refractivity contribution in [2.45, 2.75) is 18.9 Å². The molecule has 1 saturated heterocycles. The van der Waals surface area contributed by atoms with Gasteiger partial charge in [-0.05, 0) is 24.3 Å². The third-order valence-corrected chi connectivity index (χ3v) is 6.14. The molecular formula is C17H19FN5O2S+. The minimum atomic E-state index is -0.304. The molecule has 0 radical (unpaired) electrons. The average Bonchev–Trinajstić information content (AvgIpc) is 3.21. The van der Waals surface area contributed by atoms with Crippen molar-refractivity contribution >= 4 is 22.2 Å². The number of aromatic hydroxyl groups is 1. The lowest BCUT2D eigenvalue weighted by atomic mass is 9.93.